The van der Waals surface area contributed by atoms with Gasteiger partial charge in [0.2, 0.25) is 0 Å². The van der Waals surface area contributed by atoms with Gasteiger partial charge < -0.3 is 4.98 Å². The van der Waals surface area contributed by atoms with Crippen molar-refractivity contribution in [3.05, 3.63) is 62.2 Å². The largest absolute Gasteiger partial charge is 0.319 e. The van der Waals surface area contributed by atoms with E-state index in [2.05, 4.69) is 33.2 Å². The van der Waals surface area contributed by atoms with Crippen LogP contribution in [0.3, 0.4) is 0 Å². The van der Waals surface area contributed by atoms with Crippen molar-refractivity contribution in [1.29, 1.82) is 0 Å². The van der Waals surface area contributed by atoms with Crippen molar-refractivity contribution < 1.29 is 0 Å². The molecule has 0 radical (unpaired) electrons. The van der Waals surface area contributed by atoms with Gasteiger partial charge in [-0.1, -0.05) is 19.1 Å². The van der Waals surface area contributed by atoms with Crippen molar-refractivity contribution in [2.75, 3.05) is 6.54 Å². The van der Waals surface area contributed by atoms with Crippen molar-refractivity contribution in [2.45, 2.75) is 32.4 Å². The highest BCUT2D eigenvalue weighted by atomic mass is 32.1. The lowest BCUT2D eigenvalue weighted by molar-refractivity contribution is 0.170. The molecular weight excluding hydrogens is 306 g/mol. The van der Waals surface area contributed by atoms with Gasteiger partial charge >= 0.3 is 0 Å². The molecular formula is C18H19N3OS. The molecule has 0 amide bonds. The van der Waals surface area contributed by atoms with Crippen LogP contribution in [0, 0.1) is 0 Å². The van der Waals surface area contributed by atoms with Gasteiger partial charge in [-0.25, -0.2) is 4.98 Å². The fraction of sp³-hybridized carbons (Fsp3) is 0.333. The van der Waals surface area contributed by atoms with Gasteiger partial charge in [0, 0.05) is 24.0 Å². The average molecular weight is 325 g/mol. The highest BCUT2D eigenvalue weighted by Gasteiger charge is 2.27. The summed E-state index contributed by atoms with van der Waals surface area (Å²) >= 11 is 1.85. The van der Waals surface area contributed by atoms with E-state index in [1.807, 2.05) is 35.6 Å². The van der Waals surface area contributed by atoms with Crippen molar-refractivity contribution in [2.24, 2.45) is 0 Å². The standard InChI is InChI=1S/C18H19N3OS/c1-2-16-12-8-10-23-17(12)7-9-21(16)11-15-18(22)20-14-6-4-3-5-13(14)19-15/h3-6,8,10,16H,2,7,9,11H2,1H3,(H,20,22)/t16-/m1/s1. The zero-order valence-corrected chi connectivity index (χ0v) is 13.9. The molecule has 1 atom stereocenters. The van der Waals surface area contributed by atoms with Crippen LogP contribution in [0.15, 0.2) is 40.5 Å². The lowest BCUT2D eigenvalue weighted by Crippen LogP contribution is -2.36. The summed E-state index contributed by atoms with van der Waals surface area (Å²) in [4.78, 5) is 23.8. The zero-order chi connectivity index (χ0) is 15.8. The molecule has 0 spiro atoms. The highest BCUT2D eigenvalue weighted by Crippen LogP contribution is 2.35. The smallest absolute Gasteiger partial charge is 0.271 e. The molecule has 1 aromatic carbocycles. The summed E-state index contributed by atoms with van der Waals surface area (Å²) in [6, 6.07) is 10.3. The molecule has 1 N–H and O–H groups in total. The van der Waals surface area contributed by atoms with Gasteiger partial charge in [0.25, 0.3) is 5.56 Å². The number of fused-ring (bicyclic) bond motifs is 2. The maximum Gasteiger partial charge on any atom is 0.271 e. The first kappa shape index (κ1) is 14.6. The quantitative estimate of drug-likeness (QED) is 0.802. The Morgan fingerprint density at radius 2 is 2.22 bits per heavy atom. The molecule has 3 aromatic rings. The number of hydrogen-bond donors (Lipinski definition) is 1. The predicted octanol–water partition coefficient (Wildman–Crippen LogP) is 3.49. The van der Waals surface area contributed by atoms with E-state index >= 15 is 0 Å². The minimum Gasteiger partial charge on any atom is -0.319 e. The number of H-pyrrole nitrogens is 1. The lowest BCUT2D eigenvalue weighted by Gasteiger charge is -2.34. The van der Waals surface area contributed by atoms with Gasteiger partial charge in [0.05, 0.1) is 11.0 Å². The molecule has 23 heavy (non-hydrogen) atoms. The fourth-order valence-electron chi connectivity index (χ4n) is 3.48. The summed E-state index contributed by atoms with van der Waals surface area (Å²) in [5.41, 5.74) is 3.62. The number of rotatable bonds is 3. The second-order valence-corrected chi connectivity index (χ2v) is 6.97. The van der Waals surface area contributed by atoms with Crippen LogP contribution in [-0.2, 0) is 13.0 Å². The number of benzene rings is 1. The summed E-state index contributed by atoms with van der Waals surface area (Å²) in [6.45, 7) is 3.80. The molecule has 3 heterocycles. The maximum absolute atomic E-state index is 12.4. The number of aromatic amines is 1. The van der Waals surface area contributed by atoms with E-state index < -0.39 is 0 Å². The Balaban J connectivity index is 1.68. The number of nitrogens with zero attached hydrogens (tertiary/aromatic N) is 2. The van der Waals surface area contributed by atoms with Crippen LogP contribution in [0.5, 0.6) is 0 Å². The Morgan fingerprint density at radius 1 is 1.35 bits per heavy atom. The first-order chi connectivity index (χ1) is 11.3. The zero-order valence-electron chi connectivity index (χ0n) is 13.1. The lowest BCUT2D eigenvalue weighted by atomic mass is 9.97. The van der Waals surface area contributed by atoms with E-state index in [1.165, 1.54) is 10.4 Å². The SMILES string of the molecule is CC[C@@H]1c2ccsc2CCN1Cc1nc2ccccc2[nH]c1=O. The molecule has 0 bridgehead atoms. The minimum absolute atomic E-state index is 0.0744. The monoisotopic (exact) mass is 325 g/mol. The minimum atomic E-state index is -0.0744. The van der Waals surface area contributed by atoms with Crippen LogP contribution in [-0.4, -0.2) is 21.4 Å². The molecule has 0 aliphatic carbocycles. The second kappa shape index (κ2) is 5.91. The Kier molecular flexibility index (Phi) is 3.75. The Labute approximate surface area is 138 Å². The van der Waals surface area contributed by atoms with E-state index in [1.54, 1.807) is 0 Å². The average Bonchev–Trinajstić information content (AvgIpc) is 3.04. The molecule has 5 heteroatoms. The number of hydrogen-bond acceptors (Lipinski definition) is 4. The molecule has 2 aromatic heterocycles. The van der Waals surface area contributed by atoms with Gasteiger partial charge in [-0.05, 0) is 42.0 Å². The first-order valence-corrected chi connectivity index (χ1v) is 8.92. The van der Waals surface area contributed by atoms with Gasteiger partial charge in [-0.3, -0.25) is 9.69 Å². The number of thiophene rings is 1. The predicted molar refractivity (Wildman–Crippen MR) is 93.8 cm³/mol. The van der Waals surface area contributed by atoms with Gasteiger partial charge in [0.15, 0.2) is 0 Å². The van der Waals surface area contributed by atoms with Crippen molar-refractivity contribution >= 4 is 22.4 Å². The third kappa shape index (κ3) is 2.60. The van der Waals surface area contributed by atoms with Crippen LogP contribution in [0.25, 0.3) is 11.0 Å². The van der Waals surface area contributed by atoms with Crippen molar-refractivity contribution in [3.8, 4) is 0 Å². The third-order valence-electron chi connectivity index (χ3n) is 4.62. The Bertz CT molecular complexity index is 898. The van der Waals surface area contributed by atoms with Gasteiger partial charge in [0.1, 0.15) is 5.69 Å². The molecule has 0 saturated carbocycles. The first-order valence-electron chi connectivity index (χ1n) is 8.04. The highest BCUT2D eigenvalue weighted by molar-refractivity contribution is 7.10. The summed E-state index contributed by atoms with van der Waals surface area (Å²) in [7, 11) is 0. The van der Waals surface area contributed by atoms with E-state index in [9.17, 15) is 4.79 Å². The van der Waals surface area contributed by atoms with Crippen LogP contribution in [0.2, 0.25) is 0 Å². The van der Waals surface area contributed by atoms with E-state index in [-0.39, 0.29) is 5.56 Å². The Morgan fingerprint density at radius 3 is 3.09 bits per heavy atom. The van der Waals surface area contributed by atoms with Crippen molar-refractivity contribution in [3.63, 3.8) is 0 Å². The summed E-state index contributed by atoms with van der Waals surface area (Å²) in [6.07, 6.45) is 2.12. The van der Waals surface area contributed by atoms with Gasteiger partial charge in [-0.2, -0.15) is 0 Å². The van der Waals surface area contributed by atoms with E-state index in [4.69, 9.17) is 0 Å². The number of aromatic nitrogens is 2. The molecule has 1 aliphatic heterocycles. The molecule has 4 nitrogen and oxygen atoms in total. The van der Waals surface area contributed by atoms with Crippen LogP contribution < -0.4 is 5.56 Å². The molecule has 0 fully saturated rings. The Hall–Kier alpha value is -1.98. The number of para-hydroxylation sites is 2. The molecule has 118 valence electrons. The topological polar surface area (TPSA) is 49.0 Å². The summed E-state index contributed by atoms with van der Waals surface area (Å²) in [5, 5.41) is 2.18. The second-order valence-electron chi connectivity index (χ2n) is 5.97. The normalized spacial score (nSPS) is 18.2. The third-order valence-corrected chi connectivity index (χ3v) is 5.61. The molecule has 0 saturated heterocycles. The van der Waals surface area contributed by atoms with Crippen LogP contribution in [0.4, 0.5) is 0 Å². The van der Waals surface area contributed by atoms with Crippen LogP contribution in [0.1, 0.15) is 35.5 Å². The summed E-state index contributed by atoms with van der Waals surface area (Å²) < 4.78 is 0. The fourth-order valence-corrected chi connectivity index (χ4v) is 4.41. The van der Waals surface area contributed by atoms with Gasteiger partial charge in [-0.15, -0.1) is 11.3 Å². The molecule has 1 aliphatic rings. The molecule has 4 rings (SSSR count). The molecule has 0 unspecified atom stereocenters. The van der Waals surface area contributed by atoms with Crippen molar-refractivity contribution in [1.82, 2.24) is 14.9 Å². The maximum atomic E-state index is 12.4. The number of nitrogens with one attached hydrogen (secondary N) is 1. The van der Waals surface area contributed by atoms with E-state index in [0.717, 1.165) is 30.4 Å². The summed E-state index contributed by atoms with van der Waals surface area (Å²) in [5.74, 6) is 0. The van der Waals surface area contributed by atoms with Crippen LogP contribution >= 0.6 is 11.3 Å². The van der Waals surface area contributed by atoms with E-state index in [0.29, 0.717) is 18.3 Å².